The fourth-order valence-electron chi connectivity index (χ4n) is 2.29. The van der Waals surface area contributed by atoms with Gasteiger partial charge >= 0.3 is 5.51 Å². The fraction of sp³-hybridized carbons (Fsp3) is 0.278. The van der Waals surface area contributed by atoms with E-state index >= 15 is 0 Å². The van der Waals surface area contributed by atoms with E-state index in [1.807, 2.05) is 0 Å². The molecule has 0 heterocycles. The van der Waals surface area contributed by atoms with E-state index in [0.29, 0.717) is 11.5 Å². The van der Waals surface area contributed by atoms with Crippen LogP contribution in [0.2, 0.25) is 0 Å². The molecule has 0 saturated carbocycles. The summed E-state index contributed by atoms with van der Waals surface area (Å²) in [6.07, 6.45) is 0. The first kappa shape index (κ1) is 20.0. The van der Waals surface area contributed by atoms with E-state index in [1.165, 1.54) is 38.5 Å². The Hall–Kier alpha value is -2.35. The van der Waals surface area contributed by atoms with Gasteiger partial charge in [-0.1, -0.05) is 6.07 Å². The third-order valence-corrected chi connectivity index (χ3v) is 4.34. The first-order valence-corrected chi connectivity index (χ1v) is 8.43. The van der Waals surface area contributed by atoms with E-state index in [9.17, 15) is 18.0 Å². The first-order chi connectivity index (χ1) is 12.2. The zero-order chi connectivity index (χ0) is 19.3. The van der Waals surface area contributed by atoms with Gasteiger partial charge < -0.3 is 14.8 Å². The van der Waals surface area contributed by atoms with Crippen LogP contribution < -0.4 is 14.8 Å². The minimum Gasteiger partial charge on any atom is -0.493 e. The van der Waals surface area contributed by atoms with Crippen LogP contribution >= 0.6 is 11.8 Å². The molecule has 0 aromatic heterocycles. The van der Waals surface area contributed by atoms with Gasteiger partial charge in [-0.3, -0.25) is 4.79 Å². The molecule has 1 unspecified atom stereocenters. The Balaban J connectivity index is 2.07. The minimum absolute atomic E-state index is 0.0296. The molecule has 0 fully saturated rings. The lowest BCUT2D eigenvalue weighted by Crippen LogP contribution is -2.26. The summed E-state index contributed by atoms with van der Waals surface area (Å²) in [5.74, 6) is 0.739. The third-order valence-electron chi connectivity index (χ3n) is 3.61. The van der Waals surface area contributed by atoms with Crippen LogP contribution in [0.25, 0.3) is 0 Å². The standard InChI is InChI=1S/C18H18F3NO3S/c1-11(13-6-9-15(24-2)16(10-13)25-3)22-17(23)12-4-7-14(8-5-12)26-18(19,20)21/h4-11H,1-3H3,(H,22,23). The summed E-state index contributed by atoms with van der Waals surface area (Å²) in [6, 6.07) is 10.2. The predicted molar refractivity (Wildman–Crippen MR) is 93.8 cm³/mol. The monoisotopic (exact) mass is 385 g/mol. The third kappa shape index (κ3) is 5.32. The van der Waals surface area contributed by atoms with Crippen molar-refractivity contribution in [1.82, 2.24) is 5.32 Å². The Bertz CT molecular complexity index is 763. The largest absolute Gasteiger partial charge is 0.493 e. The molecule has 0 radical (unpaired) electrons. The lowest BCUT2D eigenvalue weighted by Gasteiger charge is -2.17. The lowest BCUT2D eigenvalue weighted by atomic mass is 10.1. The number of rotatable bonds is 6. The van der Waals surface area contributed by atoms with Crippen LogP contribution in [0.3, 0.4) is 0 Å². The number of benzene rings is 2. The zero-order valence-electron chi connectivity index (χ0n) is 14.4. The fourth-order valence-corrected chi connectivity index (χ4v) is 2.83. The van der Waals surface area contributed by atoms with E-state index in [4.69, 9.17) is 9.47 Å². The number of hydrogen-bond donors (Lipinski definition) is 1. The number of alkyl halides is 3. The summed E-state index contributed by atoms with van der Waals surface area (Å²) in [7, 11) is 3.05. The number of methoxy groups -OCH3 is 2. The van der Waals surface area contributed by atoms with Crippen molar-refractivity contribution >= 4 is 17.7 Å². The molecule has 2 aromatic rings. The maximum atomic E-state index is 12.3. The number of carbonyl (C=O) groups is 1. The Labute approximate surface area is 153 Å². The Morgan fingerprint density at radius 2 is 1.65 bits per heavy atom. The Morgan fingerprint density at radius 3 is 2.19 bits per heavy atom. The van der Waals surface area contributed by atoms with Gasteiger partial charge in [0.25, 0.3) is 5.91 Å². The van der Waals surface area contributed by atoms with Crippen molar-refractivity contribution in [1.29, 1.82) is 0 Å². The van der Waals surface area contributed by atoms with E-state index in [1.54, 1.807) is 25.1 Å². The van der Waals surface area contributed by atoms with Crippen LogP contribution in [-0.4, -0.2) is 25.6 Å². The summed E-state index contributed by atoms with van der Waals surface area (Å²) < 4.78 is 47.4. The van der Waals surface area contributed by atoms with Crippen LogP contribution in [0, 0.1) is 0 Å². The molecule has 0 aliphatic heterocycles. The van der Waals surface area contributed by atoms with E-state index in [-0.39, 0.29) is 34.2 Å². The van der Waals surface area contributed by atoms with Crippen molar-refractivity contribution in [2.75, 3.05) is 14.2 Å². The molecule has 2 aromatic carbocycles. The second-order valence-corrected chi connectivity index (χ2v) is 6.52. The minimum atomic E-state index is -4.36. The van der Waals surface area contributed by atoms with Crippen LogP contribution in [0.5, 0.6) is 11.5 Å². The summed E-state index contributed by atoms with van der Waals surface area (Å²) >= 11 is -0.218. The predicted octanol–water partition coefficient (Wildman–Crippen LogP) is 4.81. The molecule has 0 saturated heterocycles. The normalized spacial score (nSPS) is 12.4. The van der Waals surface area contributed by atoms with Gasteiger partial charge in [-0.2, -0.15) is 13.2 Å². The SMILES string of the molecule is COc1ccc(C(C)NC(=O)c2ccc(SC(F)(F)F)cc2)cc1OC. The summed E-state index contributed by atoms with van der Waals surface area (Å²) in [5.41, 5.74) is -3.27. The topological polar surface area (TPSA) is 47.6 Å². The van der Waals surface area contributed by atoms with Gasteiger partial charge in [-0.05, 0) is 60.6 Å². The van der Waals surface area contributed by atoms with Gasteiger partial charge in [0.2, 0.25) is 0 Å². The van der Waals surface area contributed by atoms with Gasteiger partial charge in [-0.25, -0.2) is 0 Å². The number of ether oxygens (including phenoxy) is 2. The molecule has 0 aliphatic rings. The molecule has 0 spiro atoms. The van der Waals surface area contributed by atoms with Crippen molar-refractivity contribution in [2.24, 2.45) is 0 Å². The number of hydrogen-bond acceptors (Lipinski definition) is 4. The van der Waals surface area contributed by atoms with Gasteiger partial charge in [0.1, 0.15) is 0 Å². The number of thioether (sulfide) groups is 1. The molecule has 1 N–H and O–H groups in total. The quantitative estimate of drug-likeness (QED) is 0.725. The summed E-state index contributed by atoms with van der Waals surface area (Å²) in [4.78, 5) is 12.3. The molecule has 2 rings (SSSR count). The number of nitrogens with one attached hydrogen (secondary N) is 1. The molecule has 4 nitrogen and oxygen atoms in total. The van der Waals surface area contributed by atoms with Crippen molar-refractivity contribution in [3.05, 3.63) is 53.6 Å². The van der Waals surface area contributed by atoms with Crippen molar-refractivity contribution in [2.45, 2.75) is 23.4 Å². The van der Waals surface area contributed by atoms with Crippen LogP contribution in [0.15, 0.2) is 47.4 Å². The number of carbonyl (C=O) groups excluding carboxylic acids is 1. The molecular formula is C18H18F3NO3S. The zero-order valence-corrected chi connectivity index (χ0v) is 15.2. The van der Waals surface area contributed by atoms with Crippen LogP contribution in [0.1, 0.15) is 28.9 Å². The smallest absolute Gasteiger partial charge is 0.446 e. The molecule has 8 heteroatoms. The highest BCUT2D eigenvalue weighted by Crippen LogP contribution is 2.36. The van der Waals surface area contributed by atoms with Gasteiger partial charge in [0.15, 0.2) is 11.5 Å². The lowest BCUT2D eigenvalue weighted by molar-refractivity contribution is -0.0328. The molecule has 0 bridgehead atoms. The maximum Gasteiger partial charge on any atom is 0.446 e. The molecular weight excluding hydrogens is 367 g/mol. The van der Waals surface area contributed by atoms with E-state index < -0.39 is 5.51 Å². The number of amides is 1. The highest BCUT2D eigenvalue weighted by molar-refractivity contribution is 8.00. The van der Waals surface area contributed by atoms with E-state index in [0.717, 1.165) is 5.56 Å². The second-order valence-electron chi connectivity index (χ2n) is 5.38. The number of halogens is 3. The summed E-state index contributed by atoms with van der Waals surface area (Å²) in [6.45, 7) is 1.80. The van der Waals surface area contributed by atoms with Gasteiger partial charge in [0, 0.05) is 10.5 Å². The molecule has 26 heavy (non-hydrogen) atoms. The van der Waals surface area contributed by atoms with E-state index in [2.05, 4.69) is 5.32 Å². The van der Waals surface area contributed by atoms with Crippen molar-refractivity contribution in [3.63, 3.8) is 0 Å². The average Bonchev–Trinajstić information content (AvgIpc) is 2.60. The van der Waals surface area contributed by atoms with Gasteiger partial charge in [-0.15, -0.1) is 0 Å². The van der Waals surface area contributed by atoms with Gasteiger partial charge in [0.05, 0.1) is 20.3 Å². The Morgan fingerprint density at radius 1 is 1.04 bits per heavy atom. The highest BCUT2D eigenvalue weighted by atomic mass is 32.2. The first-order valence-electron chi connectivity index (χ1n) is 7.62. The maximum absolute atomic E-state index is 12.3. The summed E-state index contributed by atoms with van der Waals surface area (Å²) in [5, 5.41) is 2.80. The molecule has 1 amide bonds. The second kappa shape index (κ2) is 8.35. The van der Waals surface area contributed by atoms with Crippen LogP contribution in [-0.2, 0) is 0 Å². The van der Waals surface area contributed by atoms with Crippen LogP contribution in [0.4, 0.5) is 13.2 Å². The Kier molecular flexibility index (Phi) is 6.42. The van der Waals surface area contributed by atoms with Crippen molar-refractivity contribution < 1.29 is 27.4 Å². The average molecular weight is 385 g/mol. The molecule has 140 valence electrons. The van der Waals surface area contributed by atoms with Crippen molar-refractivity contribution in [3.8, 4) is 11.5 Å². The molecule has 1 atom stereocenters. The highest BCUT2D eigenvalue weighted by Gasteiger charge is 2.29. The molecule has 0 aliphatic carbocycles.